The van der Waals surface area contributed by atoms with Gasteiger partial charge in [-0.3, -0.25) is 4.98 Å². The molecule has 3 N–H and O–H groups in total. The predicted octanol–water partition coefficient (Wildman–Crippen LogP) is 4.91. The number of hydrogen-bond donors (Lipinski definition) is 2. The Bertz CT molecular complexity index is 776. The highest BCUT2D eigenvalue weighted by atomic mass is 32.1. The molecule has 136 valence electrons. The summed E-state index contributed by atoms with van der Waals surface area (Å²) in [5.41, 5.74) is 10.2. The fraction of sp³-hybridized carbons (Fsp3) is 0.238. The number of aromatic nitrogens is 2. The van der Waals surface area contributed by atoms with Crippen LogP contribution in [0.3, 0.4) is 0 Å². The molecule has 1 saturated carbocycles. The first-order valence-electron chi connectivity index (χ1n) is 8.66. The number of pyridine rings is 1. The number of anilines is 1. The summed E-state index contributed by atoms with van der Waals surface area (Å²) < 4.78 is 0. The van der Waals surface area contributed by atoms with Crippen LogP contribution in [-0.2, 0) is 0 Å². The lowest BCUT2D eigenvalue weighted by Gasteiger charge is -1.93. The fourth-order valence-corrected chi connectivity index (χ4v) is 2.68. The Morgan fingerprint density at radius 2 is 1.81 bits per heavy atom. The smallest absolute Gasteiger partial charge is 0.182 e. The first-order valence-corrected chi connectivity index (χ1v) is 9.54. The third-order valence-corrected chi connectivity index (χ3v) is 4.44. The molecule has 1 fully saturated rings. The van der Waals surface area contributed by atoms with Crippen molar-refractivity contribution in [3.8, 4) is 11.3 Å². The molecule has 0 spiro atoms. The Balaban J connectivity index is 0.000000157. The standard InChI is InChI=1S/C10H10N2S.C6H7N.C5H9N/c1-11-10-12-9(7-13-10)8-5-3-2-4-6-8;1-6-2-4-7-5-3-6;6-4-3-5-1-2-5/h2-7H,1H3,(H,11,12);2-5H,1H3;3H,1-2,4,6H2. The molecule has 1 aliphatic carbocycles. The van der Waals surface area contributed by atoms with Crippen LogP contribution in [0.4, 0.5) is 5.13 Å². The maximum atomic E-state index is 5.19. The van der Waals surface area contributed by atoms with Gasteiger partial charge in [-0.2, -0.15) is 0 Å². The summed E-state index contributed by atoms with van der Waals surface area (Å²) in [5, 5.41) is 6.04. The normalized spacial score (nSPS) is 11.4. The summed E-state index contributed by atoms with van der Waals surface area (Å²) >= 11 is 1.62. The van der Waals surface area contributed by atoms with Crippen LogP contribution in [0.1, 0.15) is 18.4 Å². The Morgan fingerprint density at radius 3 is 2.23 bits per heavy atom. The van der Waals surface area contributed by atoms with Gasteiger partial charge in [0.15, 0.2) is 5.13 Å². The molecule has 1 aliphatic rings. The summed E-state index contributed by atoms with van der Waals surface area (Å²) in [7, 11) is 1.88. The Kier molecular flexibility index (Phi) is 8.52. The van der Waals surface area contributed by atoms with Crippen LogP contribution >= 0.6 is 11.3 Å². The zero-order valence-corrected chi connectivity index (χ0v) is 16.2. The average molecular weight is 367 g/mol. The van der Waals surface area contributed by atoms with Crippen LogP contribution in [0.15, 0.2) is 71.9 Å². The lowest BCUT2D eigenvalue weighted by molar-refractivity contribution is 1.25. The van der Waals surface area contributed by atoms with Crippen LogP contribution in [-0.4, -0.2) is 23.6 Å². The van der Waals surface area contributed by atoms with Gasteiger partial charge in [-0.05, 0) is 37.5 Å². The van der Waals surface area contributed by atoms with Gasteiger partial charge in [0.1, 0.15) is 0 Å². The van der Waals surface area contributed by atoms with E-state index in [2.05, 4.69) is 38.9 Å². The van der Waals surface area contributed by atoms with Gasteiger partial charge in [-0.25, -0.2) is 4.98 Å². The maximum Gasteiger partial charge on any atom is 0.182 e. The van der Waals surface area contributed by atoms with Gasteiger partial charge < -0.3 is 11.1 Å². The topological polar surface area (TPSA) is 63.8 Å². The minimum Gasteiger partial charge on any atom is -0.365 e. The highest BCUT2D eigenvalue weighted by Crippen LogP contribution is 2.26. The lowest BCUT2D eigenvalue weighted by atomic mass is 10.2. The van der Waals surface area contributed by atoms with E-state index in [1.165, 1.54) is 29.5 Å². The van der Waals surface area contributed by atoms with E-state index in [0.717, 1.165) is 17.4 Å². The van der Waals surface area contributed by atoms with E-state index in [1.54, 1.807) is 23.7 Å². The van der Waals surface area contributed by atoms with E-state index in [-0.39, 0.29) is 0 Å². The second-order valence-corrected chi connectivity index (χ2v) is 6.63. The van der Waals surface area contributed by atoms with Gasteiger partial charge >= 0.3 is 0 Å². The van der Waals surface area contributed by atoms with Gasteiger partial charge in [0.25, 0.3) is 0 Å². The van der Waals surface area contributed by atoms with Gasteiger partial charge in [0.2, 0.25) is 0 Å². The number of nitrogens with two attached hydrogens (primary N) is 1. The van der Waals surface area contributed by atoms with Crippen LogP contribution in [0.25, 0.3) is 11.3 Å². The Labute approximate surface area is 159 Å². The second-order valence-electron chi connectivity index (χ2n) is 5.78. The zero-order chi connectivity index (χ0) is 18.6. The van der Waals surface area contributed by atoms with Crippen molar-refractivity contribution in [3.63, 3.8) is 0 Å². The largest absolute Gasteiger partial charge is 0.365 e. The van der Waals surface area contributed by atoms with Gasteiger partial charge in [0, 0.05) is 36.9 Å². The van der Waals surface area contributed by atoms with E-state index < -0.39 is 0 Å². The quantitative estimate of drug-likeness (QED) is 0.647. The number of nitrogens with one attached hydrogen (secondary N) is 1. The molecule has 2 heterocycles. The molecule has 0 atom stereocenters. The number of allylic oxidation sites excluding steroid dienone is 1. The highest BCUT2D eigenvalue weighted by molar-refractivity contribution is 7.14. The minimum atomic E-state index is 0.731. The fourth-order valence-electron chi connectivity index (χ4n) is 2.00. The lowest BCUT2D eigenvalue weighted by Crippen LogP contribution is -1.91. The molecule has 3 aromatic rings. The maximum absolute atomic E-state index is 5.19. The minimum absolute atomic E-state index is 0.731. The van der Waals surface area contributed by atoms with E-state index in [1.807, 2.05) is 44.3 Å². The van der Waals surface area contributed by atoms with Crippen molar-refractivity contribution in [2.24, 2.45) is 5.73 Å². The molecule has 0 bridgehead atoms. The first kappa shape index (κ1) is 19.8. The van der Waals surface area contributed by atoms with E-state index in [0.29, 0.717) is 0 Å². The van der Waals surface area contributed by atoms with Crippen molar-refractivity contribution in [1.82, 2.24) is 9.97 Å². The van der Waals surface area contributed by atoms with E-state index in [4.69, 9.17) is 5.73 Å². The molecular formula is C21H26N4S. The van der Waals surface area contributed by atoms with Crippen molar-refractivity contribution < 1.29 is 0 Å². The van der Waals surface area contributed by atoms with Crippen molar-refractivity contribution >= 4 is 16.5 Å². The van der Waals surface area contributed by atoms with Crippen molar-refractivity contribution in [3.05, 3.63) is 77.5 Å². The van der Waals surface area contributed by atoms with Crippen molar-refractivity contribution in [2.75, 3.05) is 18.9 Å². The molecule has 26 heavy (non-hydrogen) atoms. The van der Waals surface area contributed by atoms with Crippen LogP contribution in [0.5, 0.6) is 0 Å². The number of benzene rings is 1. The van der Waals surface area contributed by atoms with Crippen molar-refractivity contribution in [1.29, 1.82) is 0 Å². The van der Waals surface area contributed by atoms with E-state index >= 15 is 0 Å². The number of thiazole rings is 1. The Morgan fingerprint density at radius 1 is 1.12 bits per heavy atom. The Hall–Kier alpha value is -2.50. The highest BCUT2D eigenvalue weighted by Gasteiger charge is 2.07. The molecule has 4 rings (SSSR count). The molecule has 1 aromatic carbocycles. The summed E-state index contributed by atoms with van der Waals surface area (Å²) in [6, 6.07) is 14.1. The van der Waals surface area contributed by atoms with Crippen LogP contribution in [0, 0.1) is 6.92 Å². The van der Waals surface area contributed by atoms with Crippen LogP contribution < -0.4 is 11.1 Å². The van der Waals surface area contributed by atoms with Gasteiger partial charge in [-0.15, -0.1) is 11.3 Å². The molecule has 0 amide bonds. The molecule has 0 unspecified atom stereocenters. The summed E-state index contributed by atoms with van der Waals surface area (Å²) in [6.45, 7) is 2.77. The number of aryl methyl sites for hydroxylation is 1. The van der Waals surface area contributed by atoms with Crippen LogP contribution in [0.2, 0.25) is 0 Å². The molecule has 0 aliphatic heterocycles. The molecule has 4 nitrogen and oxygen atoms in total. The monoisotopic (exact) mass is 366 g/mol. The second kappa shape index (κ2) is 11.2. The summed E-state index contributed by atoms with van der Waals surface area (Å²) in [5.74, 6) is 0. The van der Waals surface area contributed by atoms with Gasteiger partial charge in [0.05, 0.1) is 5.69 Å². The predicted molar refractivity (Wildman–Crippen MR) is 112 cm³/mol. The first-order chi connectivity index (χ1) is 12.7. The summed E-state index contributed by atoms with van der Waals surface area (Å²) in [6.07, 6.45) is 8.28. The van der Waals surface area contributed by atoms with E-state index in [9.17, 15) is 0 Å². The zero-order valence-electron chi connectivity index (χ0n) is 15.4. The molecular weight excluding hydrogens is 340 g/mol. The third kappa shape index (κ3) is 7.59. The average Bonchev–Trinajstić information content (AvgIpc) is 3.37. The molecule has 5 heteroatoms. The van der Waals surface area contributed by atoms with Gasteiger partial charge in [-0.1, -0.05) is 42.0 Å². The molecule has 0 saturated heterocycles. The molecule has 0 radical (unpaired) electrons. The SMILES string of the molecule is CNc1nc(-c2ccccc2)cs1.Cc1ccncc1.NCC=C1CC1. The molecule has 2 aromatic heterocycles. The summed E-state index contributed by atoms with van der Waals surface area (Å²) in [4.78, 5) is 8.25. The number of hydrogen-bond acceptors (Lipinski definition) is 5. The van der Waals surface area contributed by atoms with Crippen molar-refractivity contribution in [2.45, 2.75) is 19.8 Å². The number of nitrogens with zero attached hydrogens (tertiary/aromatic N) is 2. The number of rotatable bonds is 3. The third-order valence-electron chi connectivity index (χ3n) is 3.58.